The first-order valence-electron chi connectivity index (χ1n) is 6.87. The highest BCUT2D eigenvalue weighted by Crippen LogP contribution is 2.31. The summed E-state index contributed by atoms with van der Waals surface area (Å²) in [7, 11) is 0. The molecule has 1 aromatic carbocycles. The van der Waals surface area contributed by atoms with Crippen LogP contribution in [-0.4, -0.2) is 35.0 Å². The van der Waals surface area contributed by atoms with Gasteiger partial charge in [0, 0.05) is 24.2 Å². The molecule has 2 rings (SSSR count). The monoisotopic (exact) mass is 307 g/mol. The number of nitrogens with zero attached hydrogens (tertiary/aromatic N) is 1. The summed E-state index contributed by atoms with van der Waals surface area (Å²) in [4.78, 5) is 25.0. The molecule has 21 heavy (non-hydrogen) atoms. The van der Waals surface area contributed by atoms with E-state index in [0.29, 0.717) is 31.0 Å². The number of likely N-dealkylation sites (tertiary alicyclic amines) is 1. The predicted molar refractivity (Wildman–Crippen MR) is 82.0 cm³/mol. The zero-order valence-corrected chi connectivity index (χ0v) is 12.6. The highest BCUT2D eigenvalue weighted by Gasteiger charge is 2.37. The number of halogens is 1. The Kier molecular flexibility index (Phi) is 4.68. The maximum atomic E-state index is 12.1. The first kappa shape index (κ1) is 15.6. The van der Waals surface area contributed by atoms with Crippen LogP contribution in [0.3, 0.4) is 0 Å². The number of benzene rings is 1. The van der Waals surface area contributed by atoms with Crippen molar-refractivity contribution in [2.24, 2.45) is 5.41 Å². The van der Waals surface area contributed by atoms with Crippen molar-refractivity contribution in [2.45, 2.75) is 19.8 Å². The Hall–Kier alpha value is -1.81. The second-order valence-corrected chi connectivity index (χ2v) is 5.95. The van der Waals surface area contributed by atoms with Crippen molar-refractivity contribution in [1.82, 2.24) is 4.90 Å². The Morgan fingerprint density at radius 1 is 1.29 bits per heavy atom. The van der Waals surface area contributed by atoms with Gasteiger partial charge in [-0.2, -0.15) is 0 Å². The van der Waals surface area contributed by atoms with Crippen LogP contribution in [0, 0.1) is 5.41 Å². The van der Waals surface area contributed by atoms with E-state index in [4.69, 9.17) is 11.6 Å². The van der Waals surface area contributed by atoms with E-state index in [1.54, 1.807) is 24.0 Å². The first-order valence-corrected chi connectivity index (χ1v) is 7.25. The van der Waals surface area contributed by atoms with Crippen LogP contribution < -0.4 is 0 Å². The molecule has 0 atom stereocenters. The zero-order valence-electron chi connectivity index (χ0n) is 11.9. The molecule has 0 bridgehead atoms. The molecule has 1 aromatic rings. The molecule has 1 N–H and O–H groups in total. The van der Waals surface area contributed by atoms with Crippen molar-refractivity contribution in [3.05, 3.63) is 40.9 Å². The molecule has 112 valence electrons. The fourth-order valence-electron chi connectivity index (χ4n) is 2.31. The number of rotatable bonds is 3. The number of amides is 1. The molecule has 5 heteroatoms. The van der Waals surface area contributed by atoms with Crippen LogP contribution in [-0.2, 0) is 9.59 Å². The van der Waals surface area contributed by atoms with E-state index in [1.165, 1.54) is 6.08 Å². The molecule has 4 nitrogen and oxygen atoms in total. The van der Waals surface area contributed by atoms with Crippen LogP contribution in [0.1, 0.15) is 25.3 Å². The van der Waals surface area contributed by atoms with Crippen LogP contribution in [0.5, 0.6) is 0 Å². The summed E-state index contributed by atoms with van der Waals surface area (Å²) in [5.41, 5.74) is 0.0726. The van der Waals surface area contributed by atoms with Gasteiger partial charge in [-0.15, -0.1) is 0 Å². The van der Waals surface area contributed by atoms with Gasteiger partial charge >= 0.3 is 5.97 Å². The molecule has 1 aliphatic heterocycles. The largest absolute Gasteiger partial charge is 0.481 e. The Bertz CT molecular complexity index is 575. The second kappa shape index (κ2) is 6.31. The van der Waals surface area contributed by atoms with Gasteiger partial charge < -0.3 is 10.0 Å². The average Bonchev–Trinajstić information content (AvgIpc) is 2.46. The number of carbonyl (C=O) groups excluding carboxylic acids is 1. The van der Waals surface area contributed by atoms with Crippen molar-refractivity contribution in [3.8, 4) is 0 Å². The molecule has 0 radical (unpaired) electrons. The van der Waals surface area contributed by atoms with E-state index < -0.39 is 11.4 Å². The minimum atomic E-state index is -0.791. The third-order valence-electron chi connectivity index (χ3n) is 4.01. The van der Waals surface area contributed by atoms with Gasteiger partial charge in [0.25, 0.3) is 0 Å². The smallest absolute Gasteiger partial charge is 0.309 e. The summed E-state index contributed by atoms with van der Waals surface area (Å²) in [5.74, 6) is -0.899. The molecule has 0 aromatic heterocycles. The minimum absolute atomic E-state index is 0.109. The third kappa shape index (κ3) is 3.64. The van der Waals surface area contributed by atoms with Crippen molar-refractivity contribution >= 4 is 29.6 Å². The number of piperidine rings is 1. The molecule has 0 spiro atoms. The van der Waals surface area contributed by atoms with Crippen LogP contribution in [0.2, 0.25) is 5.02 Å². The Morgan fingerprint density at radius 2 is 1.90 bits per heavy atom. The summed E-state index contributed by atoms with van der Waals surface area (Å²) >= 11 is 6.02. The predicted octanol–water partition coefficient (Wildman–Crippen LogP) is 3.07. The van der Waals surface area contributed by atoms with Gasteiger partial charge in [0.05, 0.1) is 5.41 Å². The van der Waals surface area contributed by atoms with Gasteiger partial charge in [-0.05, 0) is 37.5 Å². The number of carbonyl (C=O) groups is 2. The van der Waals surface area contributed by atoms with Crippen LogP contribution in [0.15, 0.2) is 30.3 Å². The van der Waals surface area contributed by atoms with Crippen molar-refractivity contribution < 1.29 is 14.7 Å². The normalized spacial score (nSPS) is 17.9. The lowest BCUT2D eigenvalue weighted by atomic mass is 9.80. The fourth-order valence-corrected chi connectivity index (χ4v) is 2.51. The fraction of sp³-hybridized carbons (Fsp3) is 0.375. The lowest BCUT2D eigenvalue weighted by Gasteiger charge is -2.35. The molecule has 1 amide bonds. The molecule has 1 saturated heterocycles. The summed E-state index contributed by atoms with van der Waals surface area (Å²) < 4.78 is 0. The summed E-state index contributed by atoms with van der Waals surface area (Å²) in [6.45, 7) is 2.67. The minimum Gasteiger partial charge on any atom is -0.481 e. The number of hydrogen-bond acceptors (Lipinski definition) is 2. The van der Waals surface area contributed by atoms with Crippen molar-refractivity contribution in [1.29, 1.82) is 0 Å². The van der Waals surface area contributed by atoms with Crippen molar-refractivity contribution in [2.75, 3.05) is 13.1 Å². The molecule has 0 aliphatic carbocycles. The van der Waals surface area contributed by atoms with Crippen molar-refractivity contribution in [3.63, 3.8) is 0 Å². The summed E-state index contributed by atoms with van der Waals surface area (Å²) in [6.07, 6.45) is 4.14. The average molecular weight is 308 g/mol. The maximum absolute atomic E-state index is 12.1. The lowest BCUT2D eigenvalue weighted by Crippen LogP contribution is -2.44. The van der Waals surface area contributed by atoms with Gasteiger partial charge in [-0.25, -0.2) is 0 Å². The SMILES string of the molecule is CC1(C(=O)O)CCN(C(=O)C=Cc2ccccc2Cl)CC1. The Balaban J connectivity index is 1.97. The highest BCUT2D eigenvalue weighted by atomic mass is 35.5. The highest BCUT2D eigenvalue weighted by molar-refractivity contribution is 6.32. The summed E-state index contributed by atoms with van der Waals surface area (Å²) in [6, 6.07) is 7.29. The molecule has 0 unspecified atom stereocenters. The molecular weight excluding hydrogens is 290 g/mol. The van der Waals surface area contributed by atoms with E-state index >= 15 is 0 Å². The van der Waals surface area contributed by atoms with Gasteiger partial charge in [0.15, 0.2) is 0 Å². The van der Waals surface area contributed by atoms with Crippen LogP contribution >= 0.6 is 11.6 Å². The molecule has 1 heterocycles. The molecule has 1 aliphatic rings. The lowest BCUT2D eigenvalue weighted by molar-refractivity contribution is -0.152. The zero-order chi connectivity index (χ0) is 15.5. The van der Waals surface area contributed by atoms with E-state index in [1.807, 2.05) is 18.2 Å². The first-order chi connectivity index (χ1) is 9.92. The quantitative estimate of drug-likeness (QED) is 0.873. The van der Waals surface area contributed by atoms with E-state index in [2.05, 4.69) is 0 Å². The van der Waals surface area contributed by atoms with Crippen LogP contribution in [0.4, 0.5) is 0 Å². The van der Waals surface area contributed by atoms with E-state index in [0.717, 1.165) is 5.56 Å². The third-order valence-corrected chi connectivity index (χ3v) is 4.35. The van der Waals surface area contributed by atoms with Crippen LogP contribution in [0.25, 0.3) is 6.08 Å². The van der Waals surface area contributed by atoms with Gasteiger partial charge in [0.1, 0.15) is 0 Å². The number of carboxylic acid groups (broad SMARTS) is 1. The summed E-state index contributed by atoms with van der Waals surface area (Å²) in [5, 5.41) is 9.77. The Labute approximate surface area is 129 Å². The van der Waals surface area contributed by atoms with Gasteiger partial charge in [0.2, 0.25) is 5.91 Å². The molecular formula is C16H18ClNO3. The van der Waals surface area contributed by atoms with E-state index in [-0.39, 0.29) is 5.91 Å². The number of carboxylic acids is 1. The van der Waals surface area contributed by atoms with E-state index in [9.17, 15) is 14.7 Å². The number of aliphatic carboxylic acids is 1. The standard InChI is InChI=1S/C16H18ClNO3/c1-16(15(20)21)8-10-18(11-9-16)14(19)7-6-12-4-2-3-5-13(12)17/h2-7H,8-11H2,1H3,(H,20,21). The topological polar surface area (TPSA) is 57.6 Å². The van der Waals surface area contributed by atoms with Gasteiger partial charge in [-0.3, -0.25) is 9.59 Å². The maximum Gasteiger partial charge on any atom is 0.309 e. The number of hydrogen-bond donors (Lipinski definition) is 1. The molecule has 1 fully saturated rings. The van der Waals surface area contributed by atoms with Gasteiger partial charge in [-0.1, -0.05) is 29.8 Å². The molecule has 0 saturated carbocycles. The second-order valence-electron chi connectivity index (χ2n) is 5.55. The Morgan fingerprint density at radius 3 is 2.48 bits per heavy atom.